The van der Waals surface area contributed by atoms with Crippen LogP contribution in [-0.2, 0) is 6.54 Å². The van der Waals surface area contributed by atoms with Crippen molar-refractivity contribution in [3.8, 4) is 0 Å². The van der Waals surface area contributed by atoms with Gasteiger partial charge in [0.1, 0.15) is 0 Å². The molecule has 0 aromatic heterocycles. The Morgan fingerprint density at radius 1 is 1.26 bits per heavy atom. The lowest BCUT2D eigenvalue weighted by molar-refractivity contribution is 0.222. The van der Waals surface area contributed by atoms with Gasteiger partial charge < -0.3 is 20.4 Å². The van der Waals surface area contributed by atoms with Gasteiger partial charge in [0.15, 0.2) is 5.96 Å². The SMILES string of the molecule is CN1CCN=C1NCc1cccc(NC(=O)N2CCCC2)c1.I. The number of amides is 2. The number of benzene rings is 1. The Bertz CT molecular complexity index is 571. The van der Waals surface area contributed by atoms with Gasteiger partial charge in [-0.05, 0) is 30.5 Å². The second kappa shape index (κ2) is 8.37. The Morgan fingerprint density at radius 3 is 2.74 bits per heavy atom. The van der Waals surface area contributed by atoms with Crippen molar-refractivity contribution in [2.45, 2.75) is 19.4 Å². The number of likely N-dealkylation sites (N-methyl/N-ethyl adjacent to an activating group) is 1. The molecule has 0 radical (unpaired) electrons. The Balaban J connectivity index is 0.00000192. The third kappa shape index (κ3) is 4.73. The summed E-state index contributed by atoms with van der Waals surface area (Å²) in [6.07, 6.45) is 2.21. The van der Waals surface area contributed by atoms with Crippen LogP contribution in [0.1, 0.15) is 18.4 Å². The van der Waals surface area contributed by atoms with Gasteiger partial charge in [0.05, 0.1) is 6.54 Å². The molecule has 2 N–H and O–H groups in total. The van der Waals surface area contributed by atoms with E-state index in [0.29, 0.717) is 6.54 Å². The summed E-state index contributed by atoms with van der Waals surface area (Å²) in [4.78, 5) is 20.5. The van der Waals surface area contributed by atoms with Crippen LogP contribution in [0.3, 0.4) is 0 Å². The van der Waals surface area contributed by atoms with Gasteiger partial charge in [-0.25, -0.2) is 4.79 Å². The predicted molar refractivity (Wildman–Crippen MR) is 103 cm³/mol. The van der Waals surface area contributed by atoms with Gasteiger partial charge in [-0.15, -0.1) is 24.0 Å². The van der Waals surface area contributed by atoms with Crippen LogP contribution in [-0.4, -0.2) is 55.0 Å². The summed E-state index contributed by atoms with van der Waals surface area (Å²) < 4.78 is 0. The van der Waals surface area contributed by atoms with Crippen molar-refractivity contribution in [1.29, 1.82) is 0 Å². The summed E-state index contributed by atoms with van der Waals surface area (Å²) >= 11 is 0. The molecule has 0 atom stereocenters. The lowest BCUT2D eigenvalue weighted by atomic mass is 10.2. The zero-order valence-electron chi connectivity index (χ0n) is 13.4. The molecule has 0 saturated carbocycles. The molecular formula is C16H24IN5O. The maximum atomic E-state index is 12.1. The molecule has 2 aliphatic heterocycles. The number of hydrogen-bond acceptors (Lipinski definition) is 4. The van der Waals surface area contributed by atoms with Gasteiger partial charge in [0.25, 0.3) is 0 Å². The average molecular weight is 429 g/mol. The predicted octanol–water partition coefficient (Wildman–Crippen LogP) is 2.32. The summed E-state index contributed by atoms with van der Waals surface area (Å²) in [5, 5.41) is 6.32. The number of carbonyl (C=O) groups is 1. The van der Waals surface area contributed by atoms with E-state index in [1.54, 1.807) is 0 Å². The fraction of sp³-hybridized carbons (Fsp3) is 0.500. The van der Waals surface area contributed by atoms with Crippen molar-refractivity contribution in [1.82, 2.24) is 15.1 Å². The van der Waals surface area contributed by atoms with E-state index in [2.05, 4.69) is 20.5 Å². The van der Waals surface area contributed by atoms with Crippen LogP contribution in [0.4, 0.5) is 10.5 Å². The first-order valence-electron chi connectivity index (χ1n) is 7.87. The summed E-state index contributed by atoms with van der Waals surface area (Å²) in [6.45, 7) is 4.24. The van der Waals surface area contributed by atoms with Crippen LogP contribution < -0.4 is 10.6 Å². The lowest BCUT2D eigenvalue weighted by Gasteiger charge is -2.17. The summed E-state index contributed by atoms with van der Waals surface area (Å²) in [5.41, 5.74) is 1.97. The Morgan fingerprint density at radius 2 is 2.04 bits per heavy atom. The van der Waals surface area contributed by atoms with E-state index >= 15 is 0 Å². The molecule has 2 amide bonds. The van der Waals surface area contributed by atoms with E-state index in [1.807, 2.05) is 36.2 Å². The molecule has 1 aromatic rings. The summed E-state index contributed by atoms with van der Waals surface area (Å²) in [6, 6.07) is 7.96. The molecule has 0 bridgehead atoms. The van der Waals surface area contributed by atoms with Gasteiger partial charge in [-0.3, -0.25) is 4.99 Å². The minimum Gasteiger partial charge on any atom is -0.352 e. The number of nitrogens with zero attached hydrogens (tertiary/aromatic N) is 3. The highest BCUT2D eigenvalue weighted by molar-refractivity contribution is 14.0. The zero-order chi connectivity index (χ0) is 15.4. The number of anilines is 1. The maximum absolute atomic E-state index is 12.1. The number of rotatable bonds is 3. The Hall–Kier alpha value is -1.51. The molecule has 2 aliphatic rings. The highest BCUT2D eigenvalue weighted by Gasteiger charge is 2.17. The summed E-state index contributed by atoms with van der Waals surface area (Å²) in [5.74, 6) is 0.937. The highest BCUT2D eigenvalue weighted by Crippen LogP contribution is 2.14. The van der Waals surface area contributed by atoms with Gasteiger partial charge in [0.2, 0.25) is 0 Å². The molecule has 3 rings (SSSR count). The second-order valence-electron chi connectivity index (χ2n) is 5.81. The first-order valence-corrected chi connectivity index (χ1v) is 7.87. The van der Waals surface area contributed by atoms with Crippen LogP contribution in [0.5, 0.6) is 0 Å². The smallest absolute Gasteiger partial charge is 0.321 e. The van der Waals surface area contributed by atoms with Crippen LogP contribution in [0, 0.1) is 0 Å². The van der Waals surface area contributed by atoms with Crippen molar-refractivity contribution in [2.24, 2.45) is 4.99 Å². The van der Waals surface area contributed by atoms with E-state index in [4.69, 9.17) is 0 Å². The molecule has 1 saturated heterocycles. The molecule has 2 heterocycles. The van der Waals surface area contributed by atoms with Crippen molar-refractivity contribution in [3.05, 3.63) is 29.8 Å². The number of halogens is 1. The fourth-order valence-corrected chi connectivity index (χ4v) is 2.79. The van der Waals surface area contributed by atoms with Gasteiger partial charge in [-0.1, -0.05) is 12.1 Å². The van der Waals surface area contributed by atoms with E-state index in [1.165, 1.54) is 0 Å². The van der Waals surface area contributed by atoms with E-state index in [0.717, 1.165) is 56.2 Å². The van der Waals surface area contributed by atoms with Gasteiger partial charge in [-0.2, -0.15) is 0 Å². The first-order chi connectivity index (χ1) is 10.7. The van der Waals surface area contributed by atoms with Crippen LogP contribution in [0.2, 0.25) is 0 Å². The lowest BCUT2D eigenvalue weighted by Crippen LogP contribution is -2.35. The van der Waals surface area contributed by atoms with E-state index in [9.17, 15) is 4.79 Å². The molecule has 6 nitrogen and oxygen atoms in total. The molecule has 1 aromatic carbocycles. The monoisotopic (exact) mass is 429 g/mol. The van der Waals surface area contributed by atoms with E-state index < -0.39 is 0 Å². The van der Waals surface area contributed by atoms with Gasteiger partial charge in [0, 0.05) is 38.9 Å². The topological polar surface area (TPSA) is 60.0 Å². The van der Waals surface area contributed by atoms with Crippen LogP contribution >= 0.6 is 24.0 Å². The summed E-state index contributed by atoms with van der Waals surface area (Å²) in [7, 11) is 2.03. The van der Waals surface area contributed by atoms with Crippen LogP contribution in [0.25, 0.3) is 0 Å². The quantitative estimate of drug-likeness (QED) is 0.726. The van der Waals surface area contributed by atoms with Crippen molar-refractivity contribution >= 4 is 41.7 Å². The minimum atomic E-state index is 0. The number of nitrogens with one attached hydrogen (secondary N) is 2. The van der Waals surface area contributed by atoms with Gasteiger partial charge >= 0.3 is 6.03 Å². The number of guanidine groups is 1. The fourth-order valence-electron chi connectivity index (χ4n) is 2.79. The first kappa shape index (κ1) is 17.8. The van der Waals surface area contributed by atoms with Crippen LogP contribution in [0.15, 0.2) is 29.3 Å². The molecule has 0 unspecified atom stereocenters. The molecule has 7 heteroatoms. The molecule has 0 aliphatic carbocycles. The molecule has 1 fully saturated rings. The molecule has 126 valence electrons. The van der Waals surface area contributed by atoms with Crippen molar-refractivity contribution < 1.29 is 4.79 Å². The molecule has 0 spiro atoms. The number of hydrogen-bond donors (Lipinski definition) is 2. The third-order valence-electron chi connectivity index (χ3n) is 4.08. The normalized spacial score (nSPS) is 16.8. The number of urea groups is 1. The molecular weight excluding hydrogens is 405 g/mol. The second-order valence-corrected chi connectivity index (χ2v) is 5.81. The average Bonchev–Trinajstić information content (AvgIpc) is 3.17. The van der Waals surface area contributed by atoms with Crippen molar-refractivity contribution in [2.75, 3.05) is 38.5 Å². The number of carbonyl (C=O) groups excluding carboxylic acids is 1. The Labute approximate surface area is 154 Å². The Kier molecular flexibility index (Phi) is 6.49. The third-order valence-corrected chi connectivity index (χ3v) is 4.08. The van der Waals surface area contributed by atoms with E-state index in [-0.39, 0.29) is 30.0 Å². The highest BCUT2D eigenvalue weighted by atomic mass is 127. The number of likely N-dealkylation sites (tertiary alicyclic amines) is 1. The molecule has 23 heavy (non-hydrogen) atoms. The standard InChI is InChI=1S/C16H23N5O.HI/c1-20-10-7-17-15(20)18-12-13-5-4-6-14(11-13)19-16(22)21-8-2-3-9-21;/h4-6,11H,2-3,7-10,12H2,1H3,(H,17,18)(H,19,22);1H. The minimum absolute atomic E-state index is 0. The maximum Gasteiger partial charge on any atom is 0.321 e. The zero-order valence-corrected chi connectivity index (χ0v) is 15.7. The largest absolute Gasteiger partial charge is 0.352 e. The number of aliphatic imine (C=N–C) groups is 1. The van der Waals surface area contributed by atoms with Crippen molar-refractivity contribution in [3.63, 3.8) is 0 Å².